The molecule has 0 fully saturated rings. The molecule has 0 unspecified atom stereocenters. The van der Waals surface area contributed by atoms with Crippen LogP contribution in [0.15, 0.2) is 6.07 Å². The van der Waals surface area contributed by atoms with Crippen molar-refractivity contribution in [2.24, 2.45) is 0 Å². The van der Waals surface area contributed by atoms with Crippen molar-refractivity contribution in [3.8, 4) is 0 Å². The summed E-state index contributed by atoms with van der Waals surface area (Å²) >= 11 is 0. The van der Waals surface area contributed by atoms with Crippen LogP contribution >= 0.6 is 0 Å². The lowest BCUT2D eigenvalue weighted by Gasteiger charge is -2.16. The number of rotatable bonds is 6. The third-order valence-electron chi connectivity index (χ3n) is 2.32. The summed E-state index contributed by atoms with van der Waals surface area (Å²) in [4.78, 5) is 8.76. The zero-order valence-corrected chi connectivity index (χ0v) is 11.4. The Balaban J connectivity index is 2.92. The number of ether oxygens (including phenoxy) is 1. The molecule has 1 aromatic heterocycles. The highest BCUT2D eigenvalue weighted by Gasteiger charge is 2.34. The second kappa shape index (κ2) is 6.71. The molecule has 0 amide bonds. The van der Waals surface area contributed by atoms with Gasteiger partial charge in [0.05, 0.1) is 12.7 Å². The maximum Gasteiger partial charge on any atom is 0.433 e. The minimum Gasteiger partial charge on any atom is -0.389 e. The normalized spacial score (nSPS) is 13.2. The van der Waals surface area contributed by atoms with Crippen molar-refractivity contribution in [1.82, 2.24) is 9.97 Å². The molecule has 0 radical (unpaired) electrons. The van der Waals surface area contributed by atoms with Crippen molar-refractivity contribution in [1.29, 1.82) is 0 Å². The molecular formula is C11H17F3N4O2. The second-order valence-electron chi connectivity index (χ2n) is 4.32. The van der Waals surface area contributed by atoms with Crippen molar-refractivity contribution in [3.63, 3.8) is 0 Å². The van der Waals surface area contributed by atoms with Crippen LogP contribution in [0.4, 0.5) is 24.9 Å². The maximum atomic E-state index is 12.7. The van der Waals surface area contributed by atoms with Crippen molar-refractivity contribution in [2.45, 2.75) is 12.3 Å². The number of hydrogen-bond donors (Lipinski definition) is 2. The average molecular weight is 294 g/mol. The first-order chi connectivity index (χ1) is 9.24. The van der Waals surface area contributed by atoms with E-state index in [1.807, 2.05) is 0 Å². The van der Waals surface area contributed by atoms with Gasteiger partial charge in [-0.15, -0.1) is 0 Å². The van der Waals surface area contributed by atoms with E-state index < -0.39 is 18.0 Å². The minimum atomic E-state index is -4.56. The number of aliphatic hydroxyl groups is 1. The second-order valence-corrected chi connectivity index (χ2v) is 4.32. The molecule has 2 N–H and O–H groups in total. The number of aromatic nitrogens is 2. The van der Waals surface area contributed by atoms with Gasteiger partial charge in [0.25, 0.3) is 0 Å². The van der Waals surface area contributed by atoms with E-state index in [1.165, 1.54) is 12.0 Å². The van der Waals surface area contributed by atoms with Crippen molar-refractivity contribution >= 4 is 11.8 Å². The Labute approximate surface area is 114 Å². The quantitative estimate of drug-likeness (QED) is 0.815. The van der Waals surface area contributed by atoms with E-state index >= 15 is 0 Å². The smallest absolute Gasteiger partial charge is 0.389 e. The van der Waals surface area contributed by atoms with Crippen molar-refractivity contribution in [2.75, 3.05) is 44.6 Å². The molecule has 0 spiro atoms. The predicted octanol–water partition coefficient (Wildman–Crippen LogP) is 0.981. The first-order valence-electron chi connectivity index (χ1n) is 5.78. The highest BCUT2D eigenvalue weighted by molar-refractivity contribution is 5.44. The SMILES string of the molecule is COC[C@@H](O)CNc1nc(N(C)C)cc(C(F)(F)F)n1. The van der Waals surface area contributed by atoms with Crippen LogP contribution in [0.25, 0.3) is 0 Å². The molecular weight excluding hydrogens is 277 g/mol. The van der Waals surface area contributed by atoms with E-state index in [4.69, 9.17) is 4.74 Å². The Morgan fingerprint density at radius 2 is 2.05 bits per heavy atom. The number of nitrogens with zero attached hydrogens (tertiary/aromatic N) is 3. The lowest BCUT2D eigenvalue weighted by atomic mass is 10.3. The van der Waals surface area contributed by atoms with Crippen LogP contribution < -0.4 is 10.2 Å². The Bertz CT molecular complexity index is 440. The summed E-state index contributed by atoms with van der Waals surface area (Å²) in [5, 5.41) is 12.0. The molecule has 0 saturated heterocycles. The van der Waals surface area contributed by atoms with Gasteiger partial charge in [0.15, 0.2) is 5.69 Å². The van der Waals surface area contributed by atoms with Gasteiger partial charge in [-0.1, -0.05) is 0 Å². The number of methoxy groups -OCH3 is 1. The Hall–Kier alpha value is -1.61. The fraction of sp³-hybridized carbons (Fsp3) is 0.636. The first kappa shape index (κ1) is 16.4. The van der Waals surface area contributed by atoms with Gasteiger partial charge in [-0.2, -0.15) is 18.2 Å². The average Bonchev–Trinajstić information content (AvgIpc) is 2.35. The highest BCUT2D eigenvalue weighted by atomic mass is 19.4. The third-order valence-corrected chi connectivity index (χ3v) is 2.32. The van der Waals surface area contributed by atoms with Crippen molar-refractivity contribution in [3.05, 3.63) is 11.8 Å². The summed E-state index contributed by atoms with van der Waals surface area (Å²) in [5.41, 5.74) is -1.04. The molecule has 1 rings (SSSR count). The van der Waals surface area contributed by atoms with Gasteiger partial charge in [-0.05, 0) is 0 Å². The number of alkyl halides is 3. The minimum absolute atomic E-state index is 0.0119. The van der Waals surface area contributed by atoms with E-state index in [9.17, 15) is 18.3 Å². The number of hydrogen-bond acceptors (Lipinski definition) is 6. The molecule has 0 aromatic carbocycles. The lowest BCUT2D eigenvalue weighted by molar-refractivity contribution is -0.141. The van der Waals surface area contributed by atoms with E-state index in [2.05, 4.69) is 15.3 Å². The fourth-order valence-corrected chi connectivity index (χ4v) is 1.35. The van der Waals surface area contributed by atoms with Gasteiger partial charge < -0.3 is 20.1 Å². The van der Waals surface area contributed by atoms with Crippen LogP contribution in [-0.2, 0) is 10.9 Å². The van der Waals surface area contributed by atoms with Gasteiger partial charge in [-0.3, -0.25) is 0 Å². The summed E-state index contributed by atoms with van der Waals surface area (Å²) in [6.07, 6.45) is -5.42. The molecule has 0 aliphatic heterocycles. The molecule has 0 bridgehead atoms. The molecule has 0 aliphatic carbocycles. The van der Waals surface area contributed by atoms with Crippen LogP contribution in [0.2, 0.25) is 0 Å². The van der Waals surface area contributed by atoms with Crippen LogP contribution in [0.5, 0.6) is 0 Å². The predicted molar refractivity (Wildman–Crippen MR) is 67.7 cm³/mol. The summed E-state index contributed by atoms with van der Waals surface area (Å²) in [5.74, 6) is -0.0743. The van der Waals surface area contributed by atoms with E-state index in [-0.39, 0.29) is 24.9 Å². The number of nitrogens with one attached hydrogen (secondary N) is 1. The van der Waals surface area contributed by atoms with Crippen LogP contribution in [0, 0.1) is 0 Å². The van der Waals surface area contributed by atoms with Gasteiger partial charge >= 0.3 is 6.18 Å². The van der Waals surface area contributed by atoms with E-state index in [0.717, 1.165) is 6.07 Å². The molecule has 9 heteroatoms. The van der Waals surface area contributed by atoms with E-state index in [1.54, 1.807) is 14.1 Å². The third kappa shape index (κ3) is 4.82. The fourth-order valence-electron chi connectivity index (χ4n) is 1.35. The highest BCUT2D eigenvalue weighted by Crippen LogP contribution is 2.30. The van der Waals surface area contributed by atoms with Gasteiger partial charge in [0.2, 0.25) is 5.95 Å². The summed E-state index contributed by atoms with van der Waals surface area (Å²) in [6.45, 7) is 0.0501. The molecule has 114 valence electrons. The zero-order chi connectivity index (χ0) is 15.3. The molecule has 1 atom stereocenters. The summed E-state index contributed by atoms with van der Waals surface area (Å²) < 4.78 is 42.9. The number of aliphatic hydroxyl groups excluding tert-OH is 1. The van der Waals surface area contributed by atoms with Crippen LogP contribution in [0.3, 0.4) is 0 Å². The Morgan fingerprint density at radius 1 is 1.40 bits per heavy atom. The zero-order valence-electron chi connectivity index (χ0n) is 11.4. The van der Waals surface area contributed by atoms with Crippen LogP contribution in [-0.4, -0.2) is 55.5 Å². The van der Waals surface area contributed by atoms with Gasteiger partial charge in [0, 0.05) is 33.8 Å². The molecule has 6 nitrogen and oxygen atoms in total. The van der Waals surface area contributed by atoms with Gasteiger partial charge in [0.1, 0.15) is 5.82 Å². The molecule has 20 heavy (non-hydrogen) atoms. The number of anilines is 2. The van der Waals surface area contributed by atoms with Gasteiger partial charge in [-0.25, -0.2) is 4.98 Å². The van der Waals surface area contributed by atoms with Crippen molar-refractivity contribution < 1.29 is 23.0 Å². The monoisotopic (exact) mass is 294 g/mol. The molecule has 0 aliphatic rings. The Morgan fingerprint density at radius 3 is 2.55 bits per heavy atom. The van der Waals surface area contributed by atoms with Crippen LogP contribution in [0.1, 0.15) is 5.69 Å². The molecule has 1 aromatic rings. The first-order valence-corrected chi connectivity index (χ1v) is 5.78. The maximum absolute atomic E-state index is 12.7. The summed E-state index contributed by atoms with van der Waals surface area (Å²) in [6, 6.07) is 0.858. The largest absolute Gasteiger partial charge is 0.433 e. The number of halogens is 3. The lowest BCUT2D eigenvalue weighted by Crippen LogP contribution is -2.26. The molecule has 1 heterocycles. The topological polar surface area (TPSA) is 70.5 Å². The molecule has 0 saturated carbocycles. The summed E-state index contributed by atoms with van der Waals surface area (Å²) in [7, 11) is 4.56. The standard InChI is InChI=1S/C11H17F3N4O2/c1-18(2)9-4-8(11(12,13)14)16-10(17-9)15-5-7(19)6-20-3/h4,7,19H,5-6H2,1-3H3,(H,15,16,17)/t7-/m0/s1. The van der Waals surface area contributed by atoms with E-state index in [0.29, 0.717) is 0 Å². The Kier molecular flexibility index (Phi) is 5.52.